The van der Waals surface area contributed by atoms with Gasteiger partial charge in [-0.2, -0.15) is 0 Å². The van der Waals surface area contributed by atoms with Crippen molar-refractivity contribution in [3.63, 3.8) is 0 Å². The van der Waals surface area contributed by atoms with Crippen LogP contribution >= 0.6 is 0 Å². The Morgan fingerprint density at radius 3 is 2.40 bits per heavy atom. The second-order valence-electron chi connectivity index (χ2n) is 4.81. The molecule has 0 saturated heterocycles. The van der Waals surface area contributed by atoms with Crippen LogP contribution in [-0.2, 0) is 6.42 Å². The number of nitrogens with one attached hydrogen (secondary N) is 1. The minimum Gasteiger partial charge on any atom is -0.494 e. The molecular formula is C17H20FNO. The van der Waals surface area contributed by atoms with E-state index in [4.69, 9.17) is 4.74 Å². The number of hydrogen-bond acceptors (Lipinski definition) is 2. The van der Waals surface area contributed by atoms with E-state index in [1.54, 1.807) is 6.07 Å². The van der Waals surface area contributed by atoms with Gasteiger partial charge in [-0.1, -0.05) is 25.1 Å². The van der Waals surface area contributed by atoms with E-state index in [2.05, 4.69) is 36.5 Å². The van der Waals surface area contributed by atoms with Gasteiger partial charge in [0.05, 0.1) is 7.11 Å². The van der Waals surface area contributed by atoms with Gasteiger partial charge in [-0.3, -0.25) is 0 Å². The fraction of sp³-hybridized carbons (Fsp3) is 0.294. The maximum atomic E-state index is 13.7. The number of anilines is 1. The lowest BCUT2D eigenvalue weighted by molar-refractivity contribution is 0.386. The summed E-state index contributed by atoms with van der Waals surface area (Å²) in [6, 6.07) is 13.4. The maximum absolute atomic E-state index is 13.7. The summed E-state index contributed by atoms with van der Waals surface area (Å²) in [5.74, 6) is -0.0618. The van der Waals surface area contributed by atoms with Crippen LogP contribution in [0.25, 0.3) is 0 Å². The van der Waals surface area contributed by atoms with Crippen LogP contribution < -0.4 is 10.1 Å². The first-order valence-corrected chi connectivity index (χ1v) is 6.83. The largest absolute Gasteiger partial charge is 0.494 e. The monoisotopic (exact) mass is 273 g/mol. The fourth-order valence-electron chi connectivity index (χ4n) is 2.12. The zero-order valence-electron chi connectivity index (χ0n) is 12.1. The van der Waals surface area contributed by atoms with Gasteiger partial charge in [-0.25, -0.2) is 4.39 Å². The van der Waals surface area contributed by atoms with Crippen LogP contribution in [0, 0.1) is 5.82 Å². The Morgan fingerprint density at radius 1 is 1.15 bits per heavy atom. The van der Waals surface area contributed by atoms with E-state index in [1.807, 2.05) is 13.0 Å². The predicted molar refractivity (Wildman–Crippen MR) is 80.8 cm³/mol. The van der Waals surface area contributed by atoms with Crippen molar-refractivity contribution in [3.05, 3.63) is 59.4 Å². The molecule has 0 aliphatic carbocycles. The minimum absolute atomic E-state index is 0.0304. The van der Waals surface area contributed by atoms with Gasteiger partial charge >= 0.3 is 0 Å². The summed E-state index contributed by atoms with van der Waals surface area (Å²) in [6.07, 6.45) is 1.03. The van der Waals surface area contributed by atoms with Crippen molar-refractivity contribution in [1.82, 2.24) is 0 Å². The Hall–Kier alpha value is -2.03. The summed E-state index contributed by atoms with van der Waals surface area (Å²) in [7, 11) is 1.47. The molecule has 2 nitrogen and oxygen atoms in total. The SMILES string of the molecule is CCc1ccc(NC(C)c2ccc(OC)c(F)c2)cc1. The van der Waals surface area contributed by atoms with Crippen molar-refractivity contribution in [2.45, 2.75) is 26.3 Å². The van der Waals surface area contributed by atoms with Crippen LogP contribution in [0.4, 0.5) is 10.1 Å². The summed E-state index contributed by atoms with van der Waals surface area (Å²) in [4.78, 5) is 0. The van der Waals surface area contributed by atoms with Crippen molar-refractivity contribution < 1.29 is 9.13 Å². The lowest BCUT2D eigenvalue weighted by Crippen LogP contribution is -2.07. The van der Waals surface area contributed by atoms with Crippen molar-refractivity contribution in [2.24, 2.45) is 0 Å². The minimum atomic E-state index is -0.333. The number of ether oxygens (including phenoxy) is 1. The summed E-state index contributed by atoms with van der Waals surface area (Å²) in [6.45, 7) is 4.14. The number of halogens is 1. The van der Waals surface area contributed by atoms with E-state index in [0.717, 1.165) is 17.7 Å². The van der Waals surface area contributed by atoms with Gasteiger partial charge < -0.3 is 10.1 Å². The molecule has 1 atom stereocenters. The van der Waals surface area contributed by atoms with E-state index < -0.39 is 0 Å². The fourth-order valence-corrected chi connectivity index (χ4v) is 2.12. The molecule has 0 aliphatic rings. The normalized spacial score (nSPS) is 12.0. The summed E-state index contributed by atoms with van der Waals surface area (Å²) in [5, 5.41) is 3.37. The quantitative estimate of drug-likeness (QED) is 0.861. The van der Waals surface area contributed by atoms with E-state index in [1.165, 1.54) is 18.7 Å². The van der Waals surface area contributed by atoms with Crippen LogP contribution in [0.1, 0.15) is 31.0 Å². The van der Waals surface area contributed by atoms with Gasteiger partial charge in [-0.05, 0) is 48.7 Å². The molecule has 0 heterocycles. The molecule has 0 aliphatic heterocycles. The first kappa shape index (κ1) is 14.4. The molecule has 0 spiro atoms. The molecule has 0 saturated carbocycles. The highest BCUT2D eigenvalue weighted by Crippen LogP contribution is 2.24. The molecule has 0 bridgehead atoms. The van der Waals surface area contributed by atoms with Crippen LogP contribution in [-0.4, -0.2) is 7.11 Å². The van der Waals surface area contributed by atoms with Crippen LogP contribution in [0.5, 0.6) is 5.75 Å². The second kappa shape index (κ2) is 6.42. The molecule has 0 radical (unpaired) electrons. The Kier molecular flexibility index (Phi) is 4.61. The molecule has 2 rings (SSSR count). The van der Waals surface area contributed by atoms with Crippen LogP contribution in [0.3, 0.4) is 0 Å². The Labute approximate surface area is 119 Å². The van der Waals surface area contributed by atoms with E-state index in [-0.39, 0.29) is 17.6 Å². The number of rotatable bonds is 5. The first-order valence-electron chi connectivity index (χ1n) is 6.83. The molecule has 0 amide bonds. The third-order valence-corrected chi connectivity index (χ3v) is 3.42. The molecule has 3 heteroatoms. The van der Waals surface area contributed by atoms with E-state index >= 15 is 0 Å². The Balaban J connectivity index is 2.10. The van der Waals surface area contributed by atoms with Crippen molar-refractivity contribution >= 4 is 5.69 Å². The molecule has 20 heavy (non-hydrogen) atoms. The van der Waals surface area contributed by atoms with E-state index in [0.29, 0.717) is 0 Å². The summed E-state index contributed by atoms with van der Waals surface area (Å²) in [5.41, 5.74) is 3.23. The molecular weight excluding hydrogens is 253 g/mol. The summed E-state index contributed by atoms with van der Waals surface area (Å²) < 4.78 is 18.6. The zero-order valence-corrected chi connectivity index (χ0v) is 12.1. The summed E-state index contributed by atoms with van der Waals surface area (Å²) >= 11 is 0. The number of methoxy groups -OCH3 is 1. The average molecular weight is 273 g/mol. The van der Waals surface area contributed by atoms with Crippen molar-refractivity contribution in [1.29, 1.82) is 0 Å². The van der Waals surface area contributed by atoms with Crippen LogP contribution in [0.2, 0.25) is 0 Å². The highest BCUT2D eigenvalue weighted by molar-refractivity contribution is 5.47. The Bertz CT molecular complexity index is 566. The van der Waals surface area contributed by atoms with Gasteiger partial charge in [0, 0.05) is 11.7 Å². The molecule has 0 aromatic heterocycles. The molecule has 1 unspecified atom stereocenters. The Morgan fingerprint density at radius 2 is 1.85 bits per heavy atom. The number of hydrogen-bond donors (Lipinski definition) is 1. The standard InChI is InChI=1S/C17H20FNO/c1-4-13-5-8-15(9-6-13)19-12(2)14-7-10-17(20-3)16(18)11-14/h5-12,19H,4H2,1-3H3. The van der Waals surface area contributed by atoms with Gasteiger partial charge in [-0.15, -0.1) is 0 Å². The third kappa shape index (κ3) is 3.29. The second-order valence-corrected chi connectivity index (χ2v) is 4.81. The first-order chi connectivity index (χ1) is 9.63. The maximum Gasteiger partial charge on any atom is 0.165 e. The highest BCUT2D eigenvalue weighted by atomic mass is 19.1. The smallest absolute Gasteiger partial charge is 0.165 e. The topological polar surface area (TPSA) is 21.3 Å². The van der Waals surface area contributed by atoms with Gasteiger partial charge in [0.15, 0.2) is 11.6 Å². The molecule has 2 aromatic rings. The van der Waals surface area contributed by atoms with Gasteiger partial charge in [0.1, 0.15) is 0 Å². The van der Waals surface area contributed by atoms with Crippen molar-refractivity contribution in [3.8, 4) is 5.75 Å². The molecule has 2 aromatic carbocycles. The molecule has 0 fully saturated rings. The van der Waals surface area contributed by atoms with E-state index in [9.17, 15) is 4.39 Å². The predicted octanol–water partition coefficient (Wildman–Crippen LogP) is 4.57. The lowest BCUT2D eigenvalue weighted by atomic mass is 10.1. The van der Waals surface area contributed by atoms with Gasteiger partial charge in [0.25, 0.3) is 0 Å². The number of aryl methyl sites for hydroxylation is 1. The molecule has 1 N–H and O–H groups in total. The average Bonchev–Trinajstić information content (AvgIpc) is 2.48. The number of benzene rings is 2. The zero-order chi connectivity index (χ0) is 14.5. The highest BCUT2D eigenvalue weighted by Gasteiger charge is 2.09. The van der Waals surface area contributed by atoms with Crippen molar-refractivity contribution in [2.75, 3.05) is 12.4 Å². The lowest BCUT2D eigenvalue weighted by Gasteiger charge is -2.16. The van der Waals surface area contributed by atoms with Crippen LogP contribution in [0.15, 0.2) is 42.5 Å². The van der Waals surface area contributed by atoms with Gasteiger partial charge in [0.2, 0.25) is 0 Å². The third-order valence-electron chi connectivity index (χ3n) is 3.42. The molecule has 106 valence electrons.